The molecule has 0 radical (unpaired) electrons. The van der Waals surface area contributed by atoms with Gasteiger partial charge in [-0.3, -0.25) is 10.1 Å². The van der Waals surface area contributed by atoms with E-state index in [2.05, 4.69) is 6.58 Å². The fraction of sp³-hybridized carbons (Fsp3) is 0.250. The van der Waals surface area contributed by atoms with E-state index >= 15 is 0 Å². The summed E-state index contributed by atoms with van der Waals surface area (Å²) in [6.07, 6.45) is 0. The Kier molecular flexibility index (Phi) is 4.21. The van der Waals surface area contributed by atoms with Crippen molar-refractivity contribution in [3.63, 3.8) is 0 Å². The van der Waals surface area contributed by atoms with Crippen LogP contribution in [0.15, 0.2) is 24.3 Å². The first kappa shape index (κ1) is 14.6. The number of benzene rings is 1. The summed E-state index contributed by atoms with van der Waals surface area (Å²) in [6.45, 7) is 5.71. The Labute approximate surface area is 108 Å². The maximum absolute atomic E-state index is 13.8. The number of carboxylic acid groups (broad SMARTS) is 1. The minimum absolute atomic E-state index is 0.0222. The Hall–Kier alpha value is -2.44. The maximum atomic E-state index is 13.8. The number of halogens is 1. The molecule has 0 unspecified atom stereocenters. The molecule has 0 spiro atoms. The minimum atomic E-state index is -1.48. The Balaban J connectivity index is 3.36. The molecule has 0 aliphatic heterocycles. The molecule has 1 N–H and O–H groups in total. The Morgan fingerprint density at radius 2 is 2.16 bits per heavy atom. The van der Waals surface area contributed by atoms with Crippen LogP contribution in [0.2, 0.25) is 0 Å². The van der Waals surface area contributed by atoms with E-state index in [9.17, 15) is 19.3 Å². The number of hydrogen-bond acceptors (Lipinski definition) is 4. The second-order valence-corrected chi connectivity index (χ2v) is 4.20. The summed E-state index contributed by atoms with van der Waals surface area (Å²) in [5, 5.41) is 19.6. The molecule has 0 heterocycles. The van der Waals surface area contributed by atoms with Crippen molar-refractivity contribution < 1.29 is 19.2 Å². The Morgan fingerprint density at radius 1 is 1.58 bits per heavy atom. The lowest BCUT2D eigenvalue weighted by molar-refractivity contribution is -0.385. The third-order valence-electron chi connectivity index (χ3n) is 2.41. The van der Waals surface area contributed by atoms with Gasteiger partial charge < -0.3 is 10.0 Å². The van der Waals surface area contributed by atoms with Crippen LogP contribution in [-0.2, 0) is 0 Å². The van der Waals surface area contributed by atoms with E-state index in [1.54, 1.807) is 14.0 Å². The van der Waals surface area contributed by atoms with Crippen LogP contribution in [0.4, 0.5) is 15.8 Å². The van der Waals surface area contributed by atoms with Gasteiger partial charge in [0.2, 0.25) is 0 Å². The molecule has 1 aromatic rings. The van der Waals surface area contributed by atoms with Crippen molar-refractivity contribution in [3.05, 3.63) is 45.8 Å². The second-order valence-electron chi connectivity index (χ2n) is 4.20. The van der Waals surface area contributed by atoms with Crippen LogP contribution in [0, 0.1) is 15.9 Å². The molecular weight excluding hydrogens is 255 g/mol. The quantitative estimate of drug-likeness (QED) is 0.503. The standard InChI is InChI=1S/C12H13FN2O4/c1-7(2)6-14(3)11-4-8(12(16)17)10(15(18)19)5-9(11)13/h4-5H,1,6H2,2-3H3,(H,16,17). The molecule has 0 amide bonds. The van der Waals surface area contributed by atoms with E-state index in [0.717, 1.165) is 11.6 Å². The molecule has 0 aliphatic carbocycles. The fourth-order valence-corrected chi connectivity index (χ4v) is 1.66. The van der Waals surface area contributed by atoms with Gasteiger partial charge in [0.05, 0.1) is 16.7 Å². The van der Waals surface area contributed by atoms with Crippen LogP contribution < -0.4 is 4.90 Å². The third kappa shape index (κ3) is 3.27. The first-order valence-corrected chi connectivity index (χ1v) is 5.30. The molecule has 0 bridgehead atoms. The van der Waals surface area contributed by atoms with Gasteiger partial charge in [-0.05, 0) is 13.0 Å². The molecule has 6 nitrogen and oxygen atoms in total. The molecule has 0 saturated carbocycles. The lowest BCUT2D eigenvalue weighted by atomic mass is 10.1. The van der Waals surface area contributed by atoms with Crippen molar-refractivity contribution in [2.24, 2.45) is 0 Å². The fourth-order valence-electron chi connectivity index (χ4n) is 1.66. The number of hydrogen-bond donors (Lipinski definition) is 1. The predicted molar refractivity (Wildman–Crippen MR) is 68.1 cm³/mol. The number of carboxylic acids is 1. The normalized spacial score (nSPS) is 10.1. The summed E-state index contributed by atoms with van der Waals surface area (Å²) in [7, 11) is 1.55. The second kappa shape index (κ2) is 5.47. The lowest BCUT2D eigenvalue weighted by Gasteiger charge is -2.20. The first-order valence-electron chi connectivity index (χ1n) is 5.30. The van der Waals surface area contributed by atoms with Gasteiger partial charge in [-0.1, -0.05) is 12.2 Å². The van der Waals surface area contributed by atoms with Crippen molar-refractivity contribution in [2.45, 2.75) is 6.92 Å². The van der Waals surface area contributed by atoms with Crippen LogP contribution in [0.1, 0.15) is 17.3 Å². The minimum Gasteiger partial charge on any atom is -0.477 e. The van der Waals surface area contributed by atoms with Crippen molar-refractivity contribution in [1.29, 1.82) is 0 Å². The zero-order valence-corrected chi connectivity index (χ0v) is 10.5. The smallest absolute Gasteiger partial charge is 0.342 e. The molecule has 0 aliphatic rings. The average molecular weight is 268 g/mol. The van der Waals surface area contributed by atoms with E-state index in [1.807, 2.05) is 0 Å². The molecule has 7 heteroatoms. The zero-order chi connectivity index (χ0) is 14.7. The van der Waals surface area contributed by atoms with Crippen LogP contribution >= 0.6 is 0 Å². The molecule has 0 atom stereocenters. The topological polar surface area (TPSA) is 83.7 Å². The van der Waals surface area contributed by atoms with E-state index < -0.39 is 28.0 Å². The third-order valence-corrected chi connectivity index (χ3v) is 2.41. The van der Waals surface area contributed by atoms with Gasteiger partial charge in [-0.2, -0.15) is 0 Å². The summed E-state index contributed by atoms with van der Waals surface area (Å²) < 4.78 is 13.8. The molecule has 102 valence electrons. The number of nitrogens with zero attached hydrogens (tertiary/aromatic N) is 2. The monoisotopic (exact) mass is 268 g/mol. The average Bonchev–Trinajstić information content (AvgIpc) is 2.26. The lowest BCUT2D eigenvalue weighted by Crippen LogP contribution is -2.21. The van der Waals surface area contributed by atoms with Crippen molar-refractivity contribution >= 4 is 17.3 Å². The van der Waals surface area contributed by atoms with E-state index in [-0.39, 0.29) is 5.69 Å². The predicted octanol–water partition coefficient (Wildman–Crippen LogP) is 2.44. The summed E-state index contributed by atoms with van der Waals surface area (Å²) in [5.74, 6) is -2.32. The number of anilines is 1. The van der Waals surface area contributed by atoms with Crippen molar-refractivity contribution in [1.82, 2.24) is 0 Å². The van der Waals surface area contributed by atoms with Crippen LogP contribution in [0.3, 0.4) is 0 Å². The largest absolute Gasteiger partial charge is 0.477 e. The van der Waals surface area contributed by atoms with Gasteiger partial charge in [0, 0.05) is 13.6 Å². The van der Waals surface area contributed by atoms with E-state index in [1.165, 1.54) is 4.90 Å². The summed E-state index contributed by atoms with van der Waals surface area (Å²) in [6, 6.07) is 1.58. The molecular formula is C12H13FN2O4. The summed E-state index contributed by atoms with van der Waals surface area (Å²) in [5.41, 5.74) is -0.587. The van der Waals surface area contributed by atoms with Gasteiger partial charge in [0.25, 0.3) is 5.69 Å². The van der Waals surface area contributed by atoms with Crippen molar-refractivity contribution in [3.8, 4) is 0 Å². The van der Waals surface area contributed by atoms with Gasteiger partial charge in [0.1, 0.15) is 5.56 Å². The van der Waals surface area contributed by atoms with E-state index in [0.29, 0.717) is 12.6 Å². The highest BCUT2D eigenvalue weighted by Crippen LogP contribution is 2.28. The molecule has 0 aromatic heterocycles. The van der Waals surface area contributed by atoms with Crippen LogP contribution in [0.5, 0.6) is 0 Å². The first-order chi connectivity index (χ1) is 8.73. The SMILES string of the molecule is C=C(C)CN(C)c1cc(C(=O)O)c([N+](=O)[O-])cc1F. The van der Waals surface area contributed by atoms with Gasteiger partial charge in [0.15, 0.2) is 5.82 Å². The number of likely N-dealkylation sites (N-methyl/N-ethyl adjacent to an activating group) is 1. The van der Waals surface area contributed by atoms with E-state index in [4.69, 9.17) is 5.11 Å². The highest BCUT2D eigenvalue weighted by molar-refractivity contribution is 5.93. The Morgan fingerprint density at radius 3 is 2.58 bits per heavy atom. The number of nitro groups is 1. The van der Waals surface area contributed by atoms with Crippen molar-refractivity contribution in [2.75, 3.05) is 18.5 Å². The Bertz CT molecular complexity index is 557. The van der Waals surface area contributed by atoms with Gasteiger partial charge in [-0.15, -0.1) is 0 Å². The summed E-state index contributed by atoms with van der Waals surface area (Å²) >= 11 is 0. The van der Waals surface area contributed by atoms with Gasteiger partial charge >= 0.3 is 5.97 Å². The van der Waals surface area contributed by atoms with Crippen LogP contribution in [-0.4, -0.2) is 29.6 Å². The van der Waals surface area contributed by atoms with Gasteiger partial charge in [-0.25, -0.2) is 9.18 Å². The molecule has 1 rings (SSSR count). The maximum Gasteiger partial charge on any atom is 0.342 e. The highest BCUT2D eigenvalue weighted by Gasteiger charge is 2.24. The number of nitro benzene ring substituents is 1. The molecule has 1 aromatic carbocycles. The zero-order valence-electron chi connectivity index (χ0n) is 10.5. The number of aromatic carboxylic acids is 1. The highest BCUT2D eigenvalue weighted by atomic mass is 19.1. The summed E-state index contributed by atoms with van der Waals surface area (Å²) in [4.78, 5) is 22.2. The van der Waals surface area contributed by atoms with Crippen LogP contribution in [0.25, 0.3) is 0 Å². The number of carbonyl (C=O) groups is 1. The molecule has 0 fully saturated rings. The molecule has 19 heavy (non-hydrogen) atoms. The number of rotatable bonds is 5. The molecule has 0 saturated heterocycles.